The van der Waals surface area contributed by atoms with Crippen molar-refractivity contribution in [3.8, 4) is 11.8 Å². The number of hydrogen-bond donors (Lipinski definition) is 3. The lowest BCUT2D eigenvalue weighted by atomic mass is 10.0. The number of benzene rings is 3. The van der Waals surface area contributed by atoms with Crippen LogP contribution in [0.2, 0.25) is 0 Å². The molecular weight excluding hydrogens is 786 g/mol. The molecule has 13 nitrogen and oxygen atoms in total. The fourth-order valence-corrected chi connectivity index (χ4v) is 8.08. The van der Waals surface area contributed by atoms with Crippen molar-refractivity contribution >= 4 is 63.7 Å². The third-order valence-electron chi connectivity index (χ3n) is 10.7. The molecule has 6 rings (SSSR count). The molecule has 4 amide bonds. The summed E-state index contributed by atoms with van der Waals surface area (Å²) in [5, 5.41) is 17.6. The van der Waals surface area contributed by atoms with Gasteiger partial charge in [-0.15, -0.1) is 0 Å². The largest absolute Gasteiger partial charge is 0.492 e. The zero-order chi connectivity index (χ0) is 42.8. The van der Waals surface area contributed by atoms with E-state index in [0.29, 0.717) is 74.1 Å². The van der Waals surface area contributed by atoms with Crippen molar-refractivity contribution in [2.24, 2.45) is 0 Å². The van der Waals surface area contributed by atoms with Gasteiger partial charge in [0.15, 0.2) is 5.11 Å². The summed E-state index contributed by atoms with van der Waals surface area (Å²) >= 11 is 5.71. The van der Waals surface area contributed by atoms with Crippen LogP contribution in [0.4, 0.5) is 35.9 Å². The smallest absolute Gasteiger partial charge is 0.417 e. The number of nitriles is 1. The number of thiocarbonyl (C=S) groups is 1. The van der Waals surface area contributed by atoms with E-state index in [0.717, 1.165) is 22.6 Å². The number of nitrogens with one attached hydrogen (secondary N) is 3. The van der Waals surface area contributed by atoms with Gasteiger partial charge in [0.25, 0.3) is 11.8 Å². The number of imide groups is 1. The van der Waals surface area contributed by atoms with Crippen LogP contribution >= 0.6 is 12.2 Å². The van der Waals surface area contributed by atoms with Crippen LogP contribution in [0.25, 0.3) is 0 Å². The molecule has 17 heteroatoms. The standard InChI is InChI=1S/C42H45F3N8O5S/c1-6-27-20-32(53-40(59)52(39(57)41(53,4)5)31-11-10-28(23-46)33(22-31)42(43,44)45)12-14-35(27)58-19-18-50-16-17-51(25(2)24-50)26(3)37(55)48-30-9-7-8-29(21-30)47-34-13-15-36(54)49-38(34)56/h7-12,14,20-22,25,34,47H,3,6,13,15-19,24H2,1-2,4-5H3,(H,48,55)(H,49,54,56)/t25-,34-/m1/s1. The van der Waals surface area contributed by atoms with Crippen molar-refractivity contribution in [2.75, 3.05) is 53.2 Å². The van der Waals surface area contributed by atoms with Crippen molar-refractivity contribution in [3.63, 3.8) is 0 Å². The third kappa shape index (κ3) is 9.03. The number of carbonyl (C=O) groups excluding carboxylic acids is 4. The minimum Gasteiger partial charge on any atom is -0.492 e. The molecular formula is C42H45F3N8O5S. The summed E-state index contributed by atoms with van der Waals surface area (Å²) in [5.41, 5.74) is -0.0869. The first-order valence-corrected chi connectivity index (χ1v) is 19.6. The summed E-state index contributed by atoms with van der Waals surface area (Å²) in [7, 11) is 0. The first-order chi connectivity index (χ1) is 27.9. The Morgan fingerprint density at radius 2 is 1.80 bits per heavy atom. The number of aryl methyl sites for hydroxylation is 1. The molecule has 2 atom stereocenters. The van der Waals surface area contributed by atoms with Gasteiger partial charge in [0.2, 0.25) is 11.8 Å². The first kappa shape index (κ1) is 42.6. The van der Waals surface area contributed by atoms with Crippen LogP contribution in [0, 0.1) is 11.3 Å². The zero-order valence-corrected chi connectivity index (χ0v) is 33.9. The molecule has 3 aliphatic heterocycles. The van der Waals surface area contributed by atoms with Gasteiger partial charge in [-0.2, -0.15) is 18.4 Å². The predicted molar refractivity (Wildman–Crippen MR) is 221 cm³/mol. The molecule has 0 bridgehead atoms. The molecule has 59 heavy (non-hydrogen) atoms. The van der Waals surface area contributed by atoms with E-state index in [1.807, 2.05) is 24.8 Å². The number of carbonyl (C=O) groups is 4. The normalized spacial score (nSPS) is 19.7. The van der Waals surface area contributed by atoms with E-state index in [2.05, 4.69) is 27.4 Å². The van der Waals surface area contributed by atoms with Crippen LogP contribution in [0.3, 0.4) is 0 Å². The highest BCUT2D eigenvalue weighted by Gasteiger charge is 2.51. The van der Waals surface area contributed by atoms with Crippen molar-refractivity contribution in [1.29, 1.82) is 5.26 Å². The Labute approximate surface area is 345 Å². The molecule has 3 aromatic carbocycles. The summed E-state index contributed by atoms with van der Waals surface area (Å²) in [5.74, 6) is -0.884. The van der Waals surface area contributed by atoms with Gasteiger partial charge in [0.1, 0.15) is 23.9 Å². The average Bonchev–Trinajstić information content (AvgIpc) is 3.37. The van der Waals surface area contributed by atoms with Gasteiger partial charge in [-0.05, 0) is 106 Å². The molecule has 0 aromatic heterocycles. The highest BCUT2D eigenvalue weighted by molar-refractivity contribution is 7.81. The van der Waals surface area contributed by atoms with E-state index < -0.39 is 34.8 Å². The third-order valence-corrected chi connectivity index (χ3v) is 11.1. The predicted octanol–water partition coefficient (Wildman–Crippen LogP) is 5.81. The Balaban J connectivity index is 1.03. The first-order valence-electron chi connectivity index (χ1n) is 19.2. The maximum absolute atomic E-state index is 13.8. The van der Waals surface area contributed by atoms with Gasteiger partial charge in [-0.3, -0.25) is 34.3 Å². The van der Waals surface area contributed by atoms with Gasteiger partial charge in [-0.1, -0.05) is 19.6 Å². The summed E-state index contributed by atoms with van der Waals surface area (Å²) in [4.78, 5) is 57.5. The second-order valence-corrected chi connectivity index (χ2v) is 15.5. The maximum atomic E-state index is 13.8. The monoisotopic (exact) mass is 830 g/mol. The van der Waals surface area contributed by atoms with E-state index in [1.54, 1.807) is 61.2 Å². The van der Waals surface area contributed by atoms with Crippen molar-refractivity contribution in [1.82, 2.24) is 15.1 Å². The summed E-state index contributed by atoms with van der Waals surface area (Å²) in [6, 6.07) is 16.5. The number of rotatable bonds is 12. The van der Waals surface area contributed by atoms with Gasteiger partial charge in [0, 0.05) is 55.7 Å². The Morgan fingerprint density at radius 1 is 1.07 bits per heavy atom. The Hall–Kier alpha value is -5.99. The summed E-state index contributed by atoms with van der Waals surface area (Å²) < 4.78 is 47.6. The van der Waals surface area contributed by atoms with E-state index in [-0.39, 0.29) is 41.0 Å². The molecule has 3 saturated heterocycles. The number of hydrogen-bond acceptors (Lipinski definition) is 10. The second kappa shape index (κ2) is 17.1. The maximum Gasteiger partial charge on any atom is 0.417 e. The lowest BCUT2D eigenvalue weighted by Gasteiger charge is -2.41. The highest BCUT2D eigenvalue weighted by Crippen LogP contribution is 2.40. The van der Waals surface area contributed by atoms with Crippen LogP contribution < -0.4 is 30.5 Å². The van der Waals surface area contributed by atoms with Crippen LogP contribution in [0.5, 0.6) is 5.75 Å². The summed E-state index contributed by atoms with van der Waals surface area (Å²) in [6.45, 7) is 14.3. The topological polar surface area (TPSA) is 150 Å². The van der Waals surface area contributed by atoms with Gasteiger partial charge < -0.3 is 25.2 Å². The minimum atomic E-state index is -4.80. The van der Waals surface area contributed by atoms with Gasteiger partial charge in [0.05, 0.1) is 28.6 Å². The number of anilines is 4. The van der Waals surface area contributed by atoms with Gasteiger partial charge >= 0.3 is 6.18 Å². The van der Waals surface area contributed by atoms with E-state index in [9.17, 15) is 37.6 Å². The molecule has 3 aliphatic rings. The lowest BCUT2D eigenvalue weighted by Crippen LogP contribution is -2.53. The molecule has 3 fully saturated rings. The number of piperazine rings is 1. The minimum absolute atomic E-state index is 0.00974. The Kier molecular flexibility index (Phi) is 12.3. The fraction of sp³-hybridized carbons (Fsp3) is 0.381. The Morgan fingerprint density at radius 3 is 2.47 bits per heavy atom. The fourth-order valence-electron chi connectivity index (χ4n) is 7.56. The molecule has 0 saturated carbocycles. The van der Waals surface area contributed by atoms with Crippen LogP contribution in [0.15, 0.2) is 72.9 Å². The van der Waals surface area contributed by atoms with Crippen LogP contribution in [-0.4, -0.2) is 88.9 Å². The molecule has 3 heterocycles. The molecule has 3 aromatic rings. The lowest BCUT2D eigenvalue weighted by molar-refractivity contribution is -0.138. The number of alkyl halides is 3. The number of piperidine rings is 1. The van der Waals surface area contributed by atoms with E-state index >= 15 is 0 Å². The molecule has 0 radical (unpaired) electrons. The number of ether oxygens (including phenoxy) is 1. The number of nitrogens with zero attached hydrogens (tertiary/aromatic N) is 5. The molecule has 0 aliphatic carbocycles. The number of halogens is 3. The molecule has 0 unspecified atom stereocenters. The van der Waals surface area contributed by atoms with Crippen molar-refractivity contribution in [2.45, 2.75) is 70.8 Å². The zero-order valence-electron chi connectivity index (χ0n) is 33.1. The highest BCUT2D eigenvalue weighted by atomic mass is 32.1. The van der Waals surface area contributed by atoms with Crippen LogP contribution in [-0.2, 0) is 31.8 Å². The van der Waals surface area contributed by atoms with E-state index in [1.165, 1.54) is 6.07 Å². The van der Waals surface area contributed by atoms with Crippen molar-refractivity contribution in [3.05, 3.63) is 89.6 Å². The molecule has 3 N–H and O–H groups in total. The molecule has 0 spiro atoms. The van der Waals surface area contributed by atoms with Crippen LogP contribution in [0.1, 0.15) is 57.2 Å². The SMILES string of the molecule is C=C(C(=O)Nc1cccc(N[C@@H]2CCC(=O)NC2=O)c1)N1CCN(CCOc2ccc(N3C(=S)N(c4ccc(C#N)c(C(F)(F)F)c4)C(=O)C3(C)C)cc2CC)C[C@H]1C. The summed E-state index contributed by atoms with van der Waals surface area (Å²) in [6.07, 6.45) is -3.58. The Bertz CT molecular complexity index is 2240. The number of amides is 4. The van der Waals surface area contributed by atoms with Crippen molar-refractivity contribution < 1.29 is 37.1 Å². The van der Waals surface area contributed by atoms with Gasteiger partial charge in [-0.25, -0.2) is 0 Å². The quantitative estimate of drug-likeness (QED) is 0.115. The molecule has 310 valence electrons. The average molecular weight is 831 g/mol. The second-order valence-electron chi connectivity index (χ2n) is 15.1. The van der Waals surface area contributed by atoms with E-state index in [4.69, 9.17) is 17.0 Å².